The molecule has 1 fully saturated rings. The molecular formula is C10H24. The lowest BCUT2D eigenvalue weighted by Crippen LogP contribution is -2.04. The van der Waals surface area contributed by atoms with Crippen molar-refractivity contribution >= 4 is 0 Å². The Bertz CT molecular complexity index is 66.1. The molecule has 0 nitrogen and oxygen atoms in total. The standard InChI is InChI=1S/C8H16.2CH4/c1-6-4-5-7(2)8(6)3;;/h6-8H,4-5H2,1-3H3;2*1H4/t6-,7+,8?;;. The zero-order valence-electron chi connectivity index (χ0n) is 6.15. The highest BCUT2D eigenvalue weighted by Crippen LogP contribution is 2.35. The molecule has 0 amide bonds. The van der Waals surface area contributed by atoms with Gasteiger partial charge in [-0.25, -0.2) is 0 Å². The second kappa shape index (κ2) is 4.76. The third kappa shape index (κ3) is 2.32. The molecule has 0 saturated heterocycles. The van der Waals surface area contributed by atoms with Gasteiger partial charge in [0.15, 0.2) is 0 Å². The molecule has 0 N–H and O–H groups in total. The van der Waals surface area contributed by atoms with Crippen molar-refractivity contribution in [2.24, 2.45) is 17.8 Å². The van der Waals surface area contributed by atoms with E-state index in [1.54, 1.807) is 0 Å². The summed E-state index contributed by atoms with van der Waals surface area (Å²) in [7, 11) is 0. The molecular weight excluding hydrogens is 120 g/mol. The number of rotatable bonds is 0. The second-order valence-corrected chi connectivity index (χ2v) is 3.39. The SMILES string of the molecule is C.C.CC1[C@H](C)CC[C@@H]1C. The van der Waals surface area contributed by atoms with E-state index in [-0.39, 0.29) is 14.9 Å². The minimum Gasteiger partial charge on any atom is -0.0776 e. The first-order valence-electron chi connectivity index (χ1n) is 3.72. The predicted octanol–water partition coefficient (Wildman–Crippen LogP) is 3.96. The summed E-state index contributed by atoms with van der Waals surface area (Å²) >= 11 is 0. The Kier molecular flexibility index (Phi) is 6.02. The molecule has 3 atom stereocenters. The summed E-state index contributed by atoms with van der Waals surface area (Å²) in [5.74, 6) is 2.96. The van der Waals surface area contributed by atoms with Gasteiger partial charge in [0.2, 0.25) is 0 Å². The fourth-order valence-corrected chi connectivity index (χ4v) is 1.61. The summed E-state index contributed by atoms with van der Waals surface area (Å²) in [5.41, 5.74) is 0. The maximum absolute atomic E-state index is 2.38. The Labute approximate surface area is 67.0 Å². The monoisotopic (exact) mass is 144 g/mol. The van der Waals surface area contributed by atoms with E-state index in [9.17, 15) is 0 Å². The minimum atomic E-state index is 0. The summed E-state index contributed by atoms with van der Waals surface area (Å²) in [4.78, 5) is 0. The van der Waals surface area contributed by atoms with Crippen LogP contribution in [0.5, 0.6) is 0 Å². The fraction of sp³-hybridized carbons (Fsp3) is 1.00. The molecule has 0 spiro atoms. The van der Waals surface area contributed by atoms with Gasteiger partial charge < -0.3 is 0 Å². The van der Waals surface area contributed by atoms with E-state index in [1.807, 2.05) is 0 Å². The van der Waals surface area contributed by atoms with Crippen molar-refractivity contribution in [3.05, 3.63) is 0 Å². The summed E-state index contributed by atoms with van der Waals surface area (Å²) in [6.45, 7) is 7.12. The molecule has 1 unspecified atom stereocenters. The normalized spacial score (nSPS) is 38.1. The maximum Gasteiger partial charge on any atom is -0.0391 e. The molecule has 1 rings (SSSR count). The van der Waals surface area contributed by atoms with Crippen molar-refractivity contribution in [3.8, 4) is 0 Å². The van der Waals surface area contributed by atoms with Crippen molar-refractivity contribution < 1.29 is 0 Å². The fourth-order valence-electron chi connectivity index (χ4n) is 1.61. The maximum atomic E-state index is 2.38. The topological polar surface area (TPSA) is 0 Å². The molecule has 1 aliphatic rings. The molecule has 1 saturated carbocycles. The lowest BCUT2D eigenvalue weighted by molar-refractivity contribution is 0.380. The zero-order chi connectivity index (χ0) is 6.15. The van der Waals surface area contributed by atoms with E-state index < -0.39 is 0 Å². The van der Waals surface area contributed by atoms with Gasteiger partial charge in [0.25, 0.3) is 0 Å². The van der Waals surface area contributed by atoms with Crippen LogP contribution in [0.2, 0.25) is 0 Å². The molecule has 0 aromatic rings. The van der Waals surface area contributed by atoms with E-state index >= 15 is 0 Å². The Morgan fingerprint density at radius 1 is 0.800 bits per heavy atom. The minimum absolute atomic E-state index is 0. The van der Waals surface area contributed by atoms with Crippen LogP contribution in [0.4, 0.5) is 0 Å². The van der Waals surface area contributed by atoms with Gasteiger partial charge >= 0.3 is 0 Å². The Morgan fingerprint density at radius 2 is 1.10 bits per heavy atom. The van der Waals surface area contributed by atoms with Gasteiger partial charge in [0.05, 0.1) is 0 Å². The zero-order valence-corrected chi connectivity index (χ0v) is 6.15. The van der Waals surface area contributed by atoms with Crippen LogP contribution in [0.1, 0.15) is 48.5 Å². The van der Waals surface area contributed by atoms with Gasteiger partial charge in [-0.05, 0) is 17.8 Å². The molecule has 10 heavy (non-hydrogen) atoms. The first kappa shape index (κ1) is 12.7. The van der Waals surface area contributed by atoms with Gasteiger partial charge in [0, 0.05) is 0 Å². The van der Waals surface area contributed by atoms with E-state index in [0.717, 1.165) is 17.8 Å². The highest BCUT2D eigenvalue weighted by Gasteiger charge is 2.25. The average molecular weight is 144 g/mol. The van der Waals surface area contributed by atoms with Crippen molar-refractivity contribution in [2.75, 3.05) is 0 Å². The van der Waals surface area contributed by atoms with Crippen LogP contribution in [0, 0.1) is 17.8 Å². The lowest BCUT2D eigenvalue weighted by atomic mass is 9.94. The van der Waals surface area contributed by atoms with Crippen LogP contribution >= 0.6 is 0 Å². The largest absolute Gasteiger partial charge is 0.0776 e. The molecule has 64 valence electrons. The highest BCUT2D eigenvalue weighted by molar-refractivity contribution is 4.75. The highest BCUT2D eigenvalue weighted by atomic mass is 14.3. The predicted molar refractivity (Wildman–Crippen MR) is 50.2 cm³/mol. The van der Waals surface area contributed by atoms with Crippen LogP contribution < -0.4 is 0 Å². The van der Waals surface area contributed by atoms with Gasteiger partial charge in [0.1, 0.15) is 0 Å². The third-order valence-electron chi connectivity index (χ3n) is 2.87. The smallest absolute Gasteiger partial charge is 0.0391 e. The molecule has 0 radical (unpaired) electrons. The quantitative estimate of drug-likeness (QED) is 0.483. The Balaban J connectivity index is 0. The van der Waals surface area contributed by atoms with Gasteiger partial charge in [-0.2, -0.15) is 0 Å². The Hall–Kier alpha value is 0. The van der Waals surface area contributed by atoms with Crippen molar-refractivity contribution in [2.45, 2.75) is 48.5 Å². The van der Waals surface area contributed by atoms with Crippen molar-refractivity contribution in [3.63, 3.8) is 0 Å². The third-order valence-corrected chi connectivity index (χ3v) is 2.87. The molecule has 1 aliphatic carbocycles. The first-order chi connectivity index (χ1) is 3.72. The number of hydrogen-bond acceptors (Lipinski definition) is 0. The van der Waals surface area contributed by atoms with Crippen LogP contribution in [0.25, 0.3) is 0 Å². The van der Waals surface area contributed by atoms with E-state index in [4.69, 9.17) is 0 Å². The molecule has 0 aromatic carbocycles. The first-order valence-corrected chi connectivity index (χ1v) is 3.72. The lowest BCUT2D eigenvalue weighted by Gasteiger charge is -2.11. The van der Waals surface area contributed by atoms with Crippen LogP contribution in [0.15, 0.2) is 0 Å². The van der Waals surface area contributed by atoms with E-state index in [1.165, 1.54) is 12.8 Å². The van der Waals surface area contributed by atoms with Crippen LogP contribution in [-0.4, -0.2) is 0 Å². The van der Waals surface area contributed by atoms with E-state index in [2.05, 4.69) is 20.8 Å². The molecule has 0 aliphatic heterocycles. The average Bonchev–Trinajstić information content (AvgIpc) is 1.98. The Morgan fingerprint density at radius 3 is 1.20 bits per heavy atom. The van der Waals surface area contributed by atoms with E-state index in [0.29, 0.717) is 0 Å². The molecule has 0 heteroatoms. The second-order valence-electron chi connectivity index (χ2n) is 3.39. The van der Waals surface area contributed by atoms with Gasteiger partial charge in [-0.15, -0.1) is 0 Å². The molecule has 0 heterocycles. The van der Waals surface area contributed by atoms with Crippen molar-refractivity contribution in [1.29, 1.82) is 0 Å². The number of hydrogen-bond donors (Lipinski definition) is 0. The van der Waals surface area contributed by atoms with Crippen molar-refractivity contribution in [1.82, 2.24) is 0 Å². The summed E-state index contributed by atoms with van der Waals surface area (Å²) < 4.78 is 0. The molecule has 0 bridgehead atoms. The summed E-state index contributed by atoms with van der Waals surface area (Å²) in [6, 6.07) is 0. The summed E-state index contributed by atoms with van der Waals surface area (Å²) in [6.07, 6.45) is 2.92. The van der Waals surface area contributed by atoms with Crippen LogP contribution in [-0.2, 0) is 0 Å². The van der Waals surface area contributed by atoms with Gasteiger partial charge in [-0.1, -0.05) is 48.5 Å². The molecule has 0 aromatic heterocycles. The van der Waals surface area contributed by atoms with Gasteiger partial charge in [-0.3, -0.25) is 0 Å². The summed E-state index contributed by atoms with van der Waals surface area (Å²) in [5, 5.41) is 0. The van der Waals surface area contributed by atoms with Crippen LogP contribution in [0.3, 0.4) is 0 Å².